The molecule has 0 N–H and O–H groups in total. The van der Waals surface area contributed by atoms with Gasteiger partial charge in [-0.3, -0.25) is 4.79 Å². The smallest absolute Gasteiger partial charge is 0.416 e. The zero-order chi connectivity index (χ0) is 15.6. The predicted molar refractivity (Wildman–Crippen MR) is 72.6 cm³/mol. The van der Waals surface area contributed by atoms with Crippen molar-refractivity contribution in [3.8, 4) is 5.75 Å². The Morgan fingerprint density at radius 1 is 1.05 bits per heavy atom. The van der Waals surface area contributed by atoms with E-state index in [2.05, 4.69) is 0 Å². The molecule has 2 rings (SSSR count). The van der Waals surface area contributed by atoms with Crippen molar-refractivity contribution < 1.29 is 22.7 Å². The molecule has 0 aliphatic heterocycles. The summed E-state index contributed by atoms with van der Waals surface area (Å²) in [4.78, 5) is 12.3. The second kappa shape index (κ2) is 5.60. The zero-order valence-corrected chi connectivity index (χ0v) is 11.5. The lowest BCUT2D eigenvalue weighted by Gasteiger charge is -2.09. The molecule has 0 saturated heterocycles. The van der Waals surface area contributed by atoms with Crippen LogP contribution in [0.5, 0.6) is 5.75 Å². The fourth-order valence-electron chi connectivity index (χ4n) is 2.02. The van der Waals surface area contributed by atoms with Gasteiger partial charge in [0.2, 0.25) is 0 Å². The van der Waals surface area contributed by atoms with E-state index in [1.807, 2.05) is 0 Å². The summed E-state index contributed by atoms with van der Waals surface area (Å²) in [5.74, 6) is 0.169. The minimum absolute atomic E-state index is 0.00870. The van der Waals surface area contributed by atoms with Crippen LogP contribution in [0.4, 0.5) is 13.2 Å². The molecule has 0 radical (unpaired) electrons. The Balaban J connectivity index is 2.38. The monoisotopic (exact) mass is 294 g/mol. The first-order valence-corrected chi connectivity index (χ1v) is 6.19. The maximum atomic E-state index is 12.7. The van der Waals surface area contributed by atoms with Gasteiger partial charge in [0.1, 0.15) is 5.75 Å². The Bertz CT molecular complexity index is 675. The summed E-state index contributed by atoms with van der Waals surface area (Å²) >= 11 is 0. The highest BCUT2D eigenvalue weighted by molar-refractivity contribution is 6.09. The van der Waals surface area contributed by atoms with E-state index < -0.39 is 17.5 Å². The number of carbonyl (C=O) groups excluding carboxylic acids is 1. The van der Waals surface area contributed by atoms with Gasteiger partial charge in [0.25, 0.3) is 0 Å². The highest BCUT2D eigenvalue weighted by atomic mass is 19.4. The van der Waals surface area contributed by atoms with Crippen molar-refractivity contribution in [2.75, 3.05) is 7.11 Å². The van der Waals surface area contributed by atoms with Gasteiger partial charge < -0.3 is 4.74 Å². The summed E-state index contributed by atoms with van der Waals surface area (Å²) in [6, 6.07) is 9.16. The third kappa shape index (κ3) is 3.24. The number of hydrogen-bond donors (Lipinski definition) is 0. The summed E-state index contributed by atoms with van der Waals surface area (Å²) in [5, 5.41) is 0. The van der Waals surface area contributed by atoms with Crippen LogP contribution in [-0.2, 0) is 6.18 Å². The Kier molecular flexibility index (Phi) is 4.02. The quantitative estimate of drug-likeness (QED) is 0.791. The fraction of sp³-hybridized carbons (Fsp3) is 0.188. The number of ether oxygens (including phenoxy) is 1. The number of rotatable bonds is 3. The molecule has 2 aromatic rings. The molecule has 0 amide bonds. The third-order valence-electron chi connectivity index (χ3n) is 3.11. The molecular weight excluding hydrogens is 281 g/mol. The van der Waals surface area contributed by atoms with E-state index in [1.165, 1.54) is 25.3 Å². The minimum Gasteiger partial charge on any atom is -0.496 e. The molecule has 5 heteroatoms. The Morgan fingerprint density at radius 2 is 1.71 bits per heavy atom. The molecule has 0 aromatic heterocycles. The van der Waals surface area contributed by atoms with Gasteiger partial charge >= 0.3 is 6.18 Å². The number of benzene rings is 2. The van der Waals surface area contributed by atoms with Crippen LogP contribution in [0.25, 0.3) is 0 Å². The average molecular weight is 294 g/mol. The largest absolute Gasteiger partial charge is 0.496 e. The summed E-state index contributed by atoms with van der Waals surface area (Å²) in [7, 11) is 1.51. The van der Waals surface area contributed by atoms with Crippen LogP contribution in [0.3, 0.4) is 0 Å². The van der Waals surface area contributed by atoms with Crippen molar-refractivity contribution in [1.29, 1.82) is 0 Å². The molecule has 0 unspecified atom stereocenters. The van der Waals surface area contributed by atoms with Crippen molar-refractivity contribution in [3.05, 3.63) is 64.7 Å². The van der Waals surface area contributed by atoms with Crippen molar-refractivity contribution in [1.82, 2.24) is 0 Å². The number of ketones is 1. The van der Waals surface area contributed by atoms with Crippen LogP contribution in [0.2, 0.25) is 0 Å². The molecule has 2 aromatic carbocycles. The van der Waals surface area contributed by atoms with E-state index >= 15 is 0 Å². The van der Waals surface area contributed by atoms with Crippen molar-refractivity contribution in [3.63, 3.8) is 0 Å². The standard InChI is InChI=1S/C16H13F3O2/c1-10-8-12(6-7-14(10)21-2)15(20)11-4-3-5-13(9-11)16(17,18)19/h3-9H,1-2H3. The number of hydrogen-bond acceptors (Lipinski definition) is 2. The fourth-order valence-corrected chi connectivity index (χ4v) is 2.02. The first-order chi connectivity index (χ1) is 9.82. The molecule has 0 fully saturated rings. The van der Waals surface area contributed by atoms with Crippen molar-refractivity contribution in [2.45, 2.75) is 13.1 Å². The molecule has 0 saturated carbocycles. The molecule has 0 aliphatic rings. The first-order valence-electron chi connectivity index (χ1n) is 6.19. The summed E-state index contributed by atoms with van der Waals surface area (Å²) in [6.07, 6.45) is -4.47. The van der Waals surface area contributed by atoms with Crippen LogP contribution in [0, 0.1) is 6.92 Å². The second-order valence-electron chi connectivity index (χ2n) is 4.59. The first kappa shape index (κ1) is 15.1. The van der Waals surface area contributed by atoms with Crippen LogP contribution in [0.15, 0.2) is 42.5 Å². The van der Waals surface area contributed by atoms with Gasteiger partial charge in [-0.25, -0.2) is 0 Å². The molecular formula is C16H13F3O2. The lowest BCUT2D eigenvalue weighted by Crippen LogP contribution is -2.08. The highest BCUT2D eigenvalue weighted by Crippen LogP contribution is 2.30. The molecule has 0 aliphatic carbocycles. The second-order valence-corrected chi connectivity index (χ2v) is 4.59. The molecule has 2 nitrogen and oxygen atoms in total. The Hall–Kier alpha value is -2.30. The van der Waals surface area contributed by atoms with Gasteiger partial charge in [-0.15, -0.1) is 0 Å². The van der Waals surface area contributed by atoms with E-state index in [1.54, 1.807) is 19.1 Å². The van der Waals surface area contributed by atoms with Crippen LogP contribution >= 0.6 is 0 Å². The minimum atomic E-state index is -4.47. The number of aryl methyl sites for hydroxylation is 1. The molecule has 21 heavy (non-hydrogen) atoms. The predicted octanol–water partition coefficient (Wildman–Crippen LogP) is 4.25. The van der Waals surface area contributed by atoms with Crippen molar-refractivity contribution >= 4 is 5.78 Å². The molecule has 0 bridgehead atoms. The van der Waals surface area contributed by atoms with Crippen LogP contribution < -0.4 is 4.74 Å². The van der Waals surface area contributed by atoms with Crippen LogP contribution in [0.1, 0.15) is 27.0 Å². The van der Waals surface area contributed by atoms with Gasteiger partial charge in [0.05, 0.1) is 12.7 Å². The number of alkyl halides is 3. The average Bonchev–Trinajstić information content (AvgIpc) is 2.45. The zero-order valence-electron chi connectivity index (χ0n) is 11.5. The number of methoxy groups -OCH3 is 1. The lowest BCUT2D eigenvalue weighted by molar-refractivity contribution is -0.137. The van der Waals surface area contributed by atoms with E-state index in [4.69, 9.17) is 4.74 Å². The summed E-state index contributed by atoms with van der Waals surface area (Å²) in [6.45, 7) is 1.77. The molecule has 0 heterocycles. The molecule has 110 valence electrons. The van der Waals surface area contributed by atoms with Gasteiger partial charge in [0.15, 0.2) is 5.78 Å². The van der Waals surface area contributed by atoms with Gasteiger partial charge in [0, 0.05) is 11.1 Å². The lowest BCUT2D eigenvalue weighted by atomic mass is 9.99. The number of carbonyl (C=O) groups is 1. The third-order valence-corrected chi connectivity index (χ3v) is 3.11. The van der Waals surface area contributed by atoms with Crippen LogP contribution in [-0.4, -0.2) is 12.9 Å². The van der Waals surface area contributed by atoms with E-state index in [0.29, 0.717) is 11.3 Å². The van der Waals surface area contributed by atoms with Gasteiger partial charge in [-0.05, 0) is 42.8 Å². The molecule has 0 atom stereocenters. The normalized spacial score (nSPS) is 11.3. The summed E-state index contributed by atoms with van der Waals surface area (Å²) < 4.78 is 43.1. The van der Waals surface area contributed by atoms with E-state index in [-0.39, 0.29) is 5.56 Å². The topological polar surface area (TPSA) is 26.3 Å². The van der Waals surface area contributed by atoms with Gasteiger partial charge in [-0.2, -0.15) is 13.2 Å². The SMILES string of the molecule is COc1ccc(C(=O)c2cccc(C(F)(F)F)c2)cc1C. The van der Waals surface area contributed by atoms with Crippen molar-refractivity contribution in [2.24, 2.45) is 0 Å². The Labute approximate surface area is 120 Å². The number of halogens is 3. The maximum absolute atomic E-state index is 12.7. The van der Waals surface area contributed by atoms with E-state index in [9.17, 15) is 18.0 Å². The summed E-state index contributed by atoms with van der Waals surface area (Å²) in [5.41, 5.74) is 0.246. The van der Waals surface area contributed by atoms with Gasteiger partial charge in [-0.1, -0.05) is 12.1 Å². The highest BCUT2D eigenvalue weighted by Gasteiger charge is 2.30. The maximum Gasteiger partial charge on any atom is 0.416 e. The Morgan fingerprint density at radius 3 is 2.29 bits per heavy atom. The van der Waals surface area contributed by atoms with E-state index in [0.717, 1.165) is 17.7 Å². The molecule has 0 spiro atoms.